The van der Waals surface area contributed by atoms with E-state index in [0.717, 1.165) is 32.8 Å². The predicted octanol–water partition coefficient (Wildman–Crippen LogP) is 0.156. The van der Waals surface area contributed by atoms with E-state index in [-0.39, 0.29) is 18.2 Å². The molecule has 22 heavy (non-hydrogen) atoms. The van der Waals surface area contributed by atoms with Gasteiger partial charge in [-0.2, -0.15) is 0 Å². The Morgan fingerprint density at radius 1 is 1.23 bits per heavy atom. The van der Waals surface area contributed by atoms with Crippen LogP contribution in [0.15, 0.2) is 16.7 Å². The highest BCUT2D eigenvalue weighted by atomic mass is 16.5. The van der Waals surface area contributed by atoms with Crippen LogP contribution in [0.2, 0.25) is 0 Å². The summed E-state index contributed by atoms with van der Waals surface area (Å²) in [5.41, 5.74) is 0.507. The number of hydrogen-bond acceptors (Lipinski definition) is 5. The molecule has 0 spiro atoms. The maximum atomic E-state index is 11.8. The quantitative estimate of drug-likeness (QED) is 0.749. The number of nitrogens with one attached hydrogen (secondary N) is 2. The summed E-state index contributed by atoms with van der Waals surface area (Å²) in [5, 5.41) is 5.57. The Kier molecular flexibility index (Phi) is 6.42. The average molecular weight is 309 g/mol. The van der Waals surface area contributed by atoms with E-state index in [0.29, 0.717) is 24.4 Å². The molecule has 7 heteroatoms. The largest absolute Gasteiger partial charge is 0.469 e. The van der Waals surface area contributed by atoms with Gasteiger partial charge in [-0.1, -0.05) is 0 Å². The zero-order chi connectivity index (χ0) is 15.8. The van der Waals surface area contributed by atoms with Gasteiger partial charge in [0.1, 0.15) is 5.76 Å². The lowest BCUT2D eigenvalue weighted by atomic mass is 10.2. The van der Waals surface area contributed by atoms with Gasteiger partial charge in [-0.15, -0.1) is 0 Å². The SMILES string of the molecule is Cc1occc1C(=O)NCCC(=O)NCCN1CCOCC1. The van der Waals surface area contributed by atoms with E-state index in [9.17, 15) is 9.59 Å². The number of aryl methyl sites for hydroxylation is 1. The zero-order valence-corrected chi connectivity index (χ0v) is 12.9. The van der Waals surface area contributed by atoms with Gasteiger partial charge in [0, 0.05) is 39.1 Å². The van der Waals surface area contributed by atoms with Gasteiger partial charge in [-0.05, 0) is 13.0 Å². The maximum absolute atomic E-state index is 11.8. The van der Waals surface area contributed by atoms with Crippen molar-refractivity contribution in [3.63, 3.8) is 0 Å². The summed E-state index contributed by atoms with van der Waals surface area (Å²) in [6, 6.07) is 1.62. The highest BCUT2D eigenvalue weighted by Crippen LogP contribution is 2.07. The molecule has 0 unspecified atom stereocenters. The van der Waals surface area contributed by atoms with Crippen molar-refractivity contribution in [3.8, 4) is 0 Å². The van der Waals surface area contributed by atoms with Crippen LogP contribution in [0, 0.1) is 6.92 Å². The lowest BCUT2D eigenvalue weighted by Crippen LogP contribution is -2.41. The number of carbonyl (C=O) groups excluding carboxylic acids is 2. The van der Waals surface area contributed by atoms with Gasteiger partial charge in [0.05, 0.1) is 25.0 Å². The molecule has 1 aromatic heterocycles. The molecule has 1 aliphatic rings. The number of nitrogens with zero attached hydrogens (tertiary/aromatic N) is 1. The van der Waals surface area contributed by atoms with Gasteiger partial charge < -0.3 is 19.8 Å². The molecule has 122 valence electrons. The second-order valence-electron chi connectivity index (χ2n) is 5.20. The minimum absolute atomic E-state index is 0.0579. The van der Waals surface area contributed by atoms with Crippen LogP contribution < -0.4 is 10.6 Å². The maximum Gasteiger partial charge on any atom is 0.254 e. The first-order valence-electron chi connectivity index (χ1n) is 7.56. The van der Waals surface area contributed by atoms with Crippen LogP contribution in [-0.2, 0) is 9.53 Å². The van der Waals surface area contributed by atoms with Crippen LogP contribution in [-0.4, -0.2) is 62.7 Å². The normalized spacial score (nSPS) is 15.5. The van der Waals surface area contributed by atoms with Crippen molar-refractivity contribution in [1.82, 2.24) is 15.5 Å². The number of hydrogen-bond donors (Lipinski definition) is 2. The van der Waals surface area contributed by atoms with Gasteiger partial charge in [-0.25, -0.2) is 0 Å². The number of carbonyl (C=O) groups is 2. The van der Waals surface area contributed by atoms with E-state index in [1.165, 1.54) is 6.26 Å². The fourth-order valence-electron chi connectivity index (χ4n) is 2.27. The number of rotatable bonds is 7. The molecule has 1 aliphatic heterocycles. The Morgan fingerprint density at radius 2 is 2.00 bits per heavy atom. The van der Waals surface area contributed by atoms with Crippen molar-refractivity contribution < 1.29 is 18.7 Å². The smallest absolute Gasteiger partial charge is 0.254 e. The predicted molar refractivity (Wildman–Crippen MR) is 80.7 cm³/mol. The third kappa shape index (κ3) is 5.16. The van der Waals surface area contributed by atoms with Gasteiger partial charge in [0.15, 0.2) is 0 Å². The second-order valence-corrected chi connectivity index (χ2v) is 5.20. The van der Waals surface area contributed by atoms with Crippen LogP contribution in [0.25, 0.3) is 0 Å². The van der Waals surface area contributed by atoms with E-state index in [1.807, 2.05) is 0 Å². The van der Waals surface area contributed by atoms with Crippen molar-refractivity contribution in [1.29, 1.82) is 0 Å². The topological polar surface area (TPSA) is 83.8 Å². The molecule has 0 atom stereocenters. The van der Waals surface area contributed by atoms with Gasteiger partial charge in [0.2, 0.25) is 5.91 Å². The van der Waals surface area contributed by atoms with Crippen molar-refractivity contribution in [2.45, 2.75) is 13.3 Å². The second kappa shape index (κ2) is 8.55. The summed E-state index contributed by atoms with van der Waals surface area (Å²) >= 11 is 0. The Labute approximate surface area is 130 Å². The zero-order valence-electron chi connectivity index (χ0n) is 12.9. The van der Waals surface area contributed by atoms with Crippen molar-refractivity contribution in [3.05, 3.63) is 23.7 Å². The molecule has 2 amide bonds. The number of morpholine rings is 1. The molecule has 2 rings (SSSR count). The summed E-state index contributed by atoms with van der Waals surface area (Å²) in [7, 11) is 0. The fraction of sp³-hybridized carbons (Fsp3) is 0.600. The first kappa shape index (κ1) is 16.5. The summed E-state index contributed by atoms with van der Waals surface area (Å²) in [6.07, 6.45) is 1.74. The molecule has 0 saturated carbocycles. The third-order valence-corrected chi connectivity index (χ3v) is 3.59. The Bertz CT molecular complexity index is 495. The van der Waals surface area contributed by atoms with Crippen LogP contribution >= 0.6 is 0 Å². The minimum Gasteiger partial charge on any atom is -0.469 e. The molecule has 1 aromatic rings. The van der Waals surface area contributed by atoms with E-state index < -0.39 is 0 Å². The molecule has 2 N–H and O–H groups in total. The molecule has 7 nitrogen and oxygen atoms in total. The van der Waals surface area contributed by atoms with Gasteiger partial charge >= 0.3 is 0 Å². The summed E-state index contributed by atoms with van der Waals surface area (Å²) in [5.74, 6) is 0.303. The monoisotopic (exact) mass is 309 g/mol. The number of furan rings is 1. The Hall–Kier alpha value is -1.86. The van der Waals surface area contributed by atoms with Crippen LogP contribution in [0.3, 0.4) is 0 Å². The van der Waals surface area contributed by atoms with Crippen molar-refractivity contribution in [2.24, 2.45) is 0 Å². The molecule has 0 aromatic carbocycles. The van der Waals surface area contributed by atoms with Crippen LogP contribution in [0.4, 0.5) is 0 Å². The lowest BCUT2D eigenvalue weighted by Gasteiger charge is -2.26. The van der Waals surface area contributed by atoms with Crippen molar-refractivity contribution >= 4 is 11.8 Å². The van der Waals surface area contributed by atoms with E-state index in [4.69, 9.17) is 9.15 Å². The summed E-state index contributed by atoms with van der Waals surface area (Å²) < 4.78 is 10.3. The average Bonchev–Trinajstić information content (AvgIpc) is 2.94. The molecular weight excluding hydrogens is 286 g/mol. The van der Waals surface area contributed by atoms with E-state index in [2.05, 4.69) is 15.5 Å². The first-order valence-corrected chi connectivity index (χ1v) is 7.56. The highest BCUT2D eigenvalue weighted by molar-refractivity contribution is 5.95. The van der Waals surface area contributed by atoms with Crippen LogP contribution in [0.1, 0.15) is 22.5 Å². The van der Waals surface area contributed by atoms with E-state index in [1.54, 1.807) is 13.0 Å². The standard InChI is InChI=1S/C15H23N3O4/c1-12-13(3-9-22-12)15(20)17-4-2-14(19)16-5-6-18-7-10-21-11-8-18/h3,9H,2,4-8,10-11H2,1H3,(H,16,19)(H,17,20). The van der Waals surface area contributed by atoms with Gasteiger partial charge in [0.25, 0.3) is 5.91 Å². The Morgan fingerprint density at radius 3 is 2.68 bits per heavy atom. The fourth-order valence-corrected chi connectivity index (χ4v) is 2.27. The van der Waals surface area contributed by atoms with Crippen molar-refractivity contribution in [2.75, 3.05) is 45.9 Å². The summed E-state index contributed by atoms with van der Waals surface area (Å²) in [4.78, 5) is 25.8. The molecule has 1 fully saturated rings. The number of ether oxygens (including phenoxy) is 1. The first-order chi connectivity index (χ1) is 10.7. The van der Waals surface area contributed by atoms with E-state index >= 15 is 0 Å². The molecule has 0 radical (unpaired) electrons. The lowest BCUT2D eigenvalue weighted by molar-refractivity contribution is -0.121. The minimum atomic E-state index is -0.215. The molecular formula is C15H23N3O4. The third-order valence-electron chi connectivity index (χ3n) is 3.59. The number of amides is 2. The summed E-state index contributed by atoms with van der Waals surface area (Å²) in [6.45, 7) is 6.83. The molecule has 1 saturated heterocycles. The Balaban J connectivity index is 1.56. The molecule has 2 heterocycles. The van der Waals surface area contributed by atoms with Crippen LogP contribution in [0.5, 0.6) is 0 Å². The molecule has 0 aliphatic carbocycles. The highest BCUT2D eigenvalue weighted by Gasteiger charge is 2.12. The molecule has 0 bridgehead atoms. The van der Waals surface area contributed by atoms with Gasteiger partial charge in [-0.3, -0.25) is 14.5 Å².